The van der Waals surface area contributed by atoms with E-state index in [2.05, 4.69) is 10.3 Å². The van der Waals surface area contributed by atoms with Gasteiger partial charge in [-0.05, 0) is 47.7 Å². The number of nitrogens with two attached hydrogens (primary N) is 1. The molecule has 10 nitrogen and oxygen atoms in total. The van der Waals surface area contributed by atoms with Crippen LogP contribution in [0.1, 0.15) is 15.9 Å². The van der Waals surface area contributed by atoms with Gasteiger partial charge in [-0.15, -0.1) is 0 Å². The van der Waals surface area contributed by atoms with Crippen molar-refractivity contribution in [3.8, 4) is 5.75 Å². The molecule has 1 saturated heterocycles. The first-order chi connectivity index (χ1) is 14.7. The van der Waals surface area contributed by atoms with E-state index < -0.39 is 27.1 Å². The van der Waals surface area contributed by atoms with Gasteiger partial charge in [-0.25, -0.2) is 13.6 Å². The molecule has 0 spiro atoms. The van der Waals surface area contributed by atoms with E-state index in [9.17, 15) is 22.8 Å². The molecule has 0 unspecified atom stereocenters. The normalized spacial score (nSPS) is 15.4. The van der Waals surface area contributed by atoms with E-state index in [0.29, 0.717) is 5.56 Å². The predicted molar refractivity (Wildman–Crippen MR) is 114 cm³/mol. The van der Waals surface area contributed by atoms with Crippen molar-refractivity contribution in [1.29, 1.82) is 0 Å². The molecule has 2 heterocycles. The molecule has 1 fully saturated rings. The van der Waals surface area contributed by atoms with Crippen LogP contribution in [0.3, 0.4) is 0 Å². The lowest BCUT2D eigenvalue weighted by atomic mass is 10.2. The number of primary sulfonamides is 1. The zero-order chi connectivity index (χ0) is 22.6. The predicted octanol–water partition coefficient (Wildman–Crippen LogP) is 1.20. The first-order valence-corrected chi connectivity index (χ1v) is 11.2. The second-order valence-corrected chi connectivity index (χ2v) is 8.84. The first-order valence-electron chi connectivity index (χ1n) is 8.85. The lowest BCUT2D eigenvalue weighted by molar-refractivity contribution is -0.122. The minimum Gasteiger partial charge on any atom is -0.496 e. The van der Waals surface area contributed by atoms with Crippen LogP contribution >= 0.6 is 11.8 Å². The number of nitrogens with zero attached hydrogens (tertiary/aromatic N) is 2. The highest BCUT2D eigenvalue weighted by atomic mass is 32.2. The van der Waals surface area contributed by atoms with Crippen LogP contribution < -0.4 is 15.2 Å². The molecule has 1 aliphatic heterocycles. The largest absolute Gasteiger partial charge is 0.496 e. The summed E-state index contributed by atoms with van der Waals surface area (Å²) in [4.78, 5) is 42.2. The van der Waals surface area contributed by atoms with Crippen molar-refractivity contribution < 1.29 is 27.5 Å². The molecule has 0 aliphatic carbocycles. The summed E-state index contributed by atoms with van der Waals surface area (Å²) in [5.74, 6) is -0.961. The SMILES string of the molecule is COc1ccc(S(N)(=O)=O)cc1C(=O)NCCN1C(=O)S/C(=C\c2cccnc2)C1=O. The van der Waals surface area contributed by atoms with E-state index in [0.717, 1.165) is 22.7 Å². The van der Waals surface area contributed by atoms with Crippen LogP contribution in [-0.2, 0) is 14.8 Å². The third-order valence-corrected chi connectivity index (χ3v) is 6.04. The van der Waals surface area contributed by atoms with Crippen LogP contribution in [0.5, 0.6) is 5.75 Å². The van der Waals surface area contributed by atoms with Crippen molar-refractivity contribution in [3.63, 3.8) is 0 Å². The standard InChI is InChI=1S/C19H18N4O6S2/c1-29-15-5-4-13(31(20,27)28)10-14(15)17(24)22-7-8-23-18(25)16(30-19(23)26)9-12-3-2-6-21-11-12/h2-6,9-11H,7-8H2,1H3,(H,22,24)(H2,20,27,28)/b16-9-. The first kappa shape index (κ1) is 22.5. The molecule has 3 rings (SSSR count). The number of thioether (sulfide) groups is 1. The molecule has 3 amide bonds. The summed E-state index contributed by atoms with van der Waals surface area (Å²) in [6.07, 6.45) is 4.73. The van der Waals surface area contributed by atoms with Crippen LogP contribution in [-0.4, -0.2) is 55.6 Å². The van der Waals surface area contributed by atoms with Gasteiger partial charge in [0.25, 0.3) is 17.1 Å². The average Bonchev–Trinajstić information content (AvgIpc) is 3.00. The van der Waals surface area contributed by atoms with Gasteiger partial charge >= 0.3 is 0 Å². The fraction of sp³-hybridized carbons (Fsp3) is 0.158. The molecule has 162 valence electrons. The lowest BCUT2D eigenvalue weighted by Crippen LogP contribution is -2.37. The highest BCUT2D eigenvalue weighted by Gasteiger charge is 2.34. The summed E-state index contributed by atoms with van der Waals surface area (Å²) in [6, 6.07) is 7.10. The van der Waals surface area contributed by atoms with E-state index in [1.54, 1.807) is 30.6 Å². The van der Waals surface area contributed by atoms with E-state index in [-0.39, 0.29) is 34.2 Å². The molecule has 0 bridgehead atoms. The number of nitrogens with one attached hydrogen (secondary N) is 1. The highest BCUT2D eigenvalue weighted by Crippen LogP contribution is 2.31. The monoisotopic (exact) mass is 462 g/mol. The molecule has 0 atom stereocenters. The summed E-state index contributed by atoms with van der Waals surface area (Å²) < 4.78 is 28.2. The van der Waals surface area contributed by atoms with Gasteiger partial charge in [-0.1, -0.05) is 6.07 Å². The van der Waals surface area contributed by atoms with Gasteiger partial charge in [0, 0.05) is 25.5 Å². The molecule has 0 saturated carbocycles. The van der Waals surface area contributed by atoms with E-state index in [4.69, 9.17) is 9.88 Å². The lowest BCUT2D eigenvalue weighted by Gasteiger charge is -2.14. The van der Waals surface area contributed by atoms with Crippen molar-refractivity contribution in [3.05, 3.63) is 58.8 Å². The second kappa shape index (κ2) is 9.29. The van der Waals surface area contributed by atoms with E-state index in [1.807, 2.05) is 0 Å². The van der Waals surface area contributed by atoms with Crippen LogP contribution in [0.25, 0.3) is 6.08 Å². The van der Waals surface area contributed by atoms with Crippen molar-refractivity contribution in [1.82, 2.24) is 15.2 Å². The maximum Gasteiger partial charge on any atom is 0.293 e. The Morgan fingerprint density at radius 1 is 1.32 bits per heavy atom. The van der Waals surface area contributed by atoms with Crippen molar-refractivity contribution in [2.75, 3.05) is 20.2 Å². The van der Waals surface area contributed by atoms with E-state index >= 15 is 0 Å². The summed E-state index contributed by atoms with van der Waals surface area (Å²) in [5, 5.41) is 7.20. The quantitative estimate of drug-likeness (QED) is 0.583. The number of amides is 3. The maximum absolute atomic E-state index is 12.5. The number of hydrogen-bond acceptors (Lipinski definition) is 8. The minimum absolute atomic E-state index is 0.0419. The number of aromatic nitrogens is 1. The number of benzene rings is 1. The third kappa shape index (κ3) is 5.29. The topological polar surface area (TPSA) is 149 Å². The molecular formula is C19H18N4O6S2. The van der Waals surface area contributed by atoms with Gasteiger partial charge in [-0.3, -0.25) is 24.3 Å². The number of imide groups is 1. The number of sulfonamides is 1. The van der Waals surface area contributed by atoms with Gasteiger partial charge < -0.3 is 10.1 Å². The van der Waals surface area contributed by atoms with Crippen molar-refractivity contribution in [2.24, 2.45) is 5.14 Å². The molecule has 1 aliphatic rings. The smallest absolute Gasteiger partial charge is 0.293 e. The molecule has 2 aromatic rings. The Labute approximate surface area is 182 Å². The Kier molecular flexibility index (Phi) is 6.73. The van der Waals surface area contributed by atoms with Crippen LogP contribution in [0, 0.1) is 0 Å². The highest BCUT2D eigenvalue weighted by molar-refractivity contribution is 8.18. The van der Waals surface area contributed by atoms with Crippen molar-refractivity contribution in [2.45, 2.75) is 4.90 Å². The number of methoxy groups -OCH3 is 1. The second-order valence-electron chi connectivity index (χ2n) is 6.28. The summed E-state index contributed by atoms with van der Waals surface area (Å²) >= 11 is 0.800. The summed E-state index contributed by atoms with van der Waals surface area (Å²) in [6.45, 7) is -0.0994. The number of ether oxygens (including phenoxy) is 1. The number of carbonyl (C=O) groups excluding carboxylic acids is 3. The average molecular weight is 463 g/mol. The van der Waals surface area contributed by atoms with Crippen LogP contribution in [0.2, 0.25) is 0 Å². The Morgan fingerprint density at radius 2 is 2.10 bits per heavy atom. The van der Waals surface area contributed by atoms with Gasteiger partial charge in [0.1, 0.15) is 5.75 Å². The zero-order valence-corrected chi connectivity index (χ0v) is 17.9. The Bertz CT molecular complexity index is 1170. The molecule has 1 aromatic carbocycles. The summed E-state index contributed by atoms with van der Waals surface area (Å²) in [7, 11) is -2.68. The number of rotatable bonds is 7. The Balaban J connectivity index is 1.66. The number of pyridine rings is 1. The van der Waals surface area contributed by atoms with Gasteiger partial charge in [0.15, 0.2) is 0 Å². The Hall–Kier alpha value is -3.22. The van der Waals surface area contributed by atoms with Gasteiger partial charge in [-0.2, -0.15) is 0 Å². The molecule has 31 heavy (non-hydrogen) atoms. The van der Waals surface area contributed by atoms with E-state index in [1.165, 1.54) is 19.2 Å². The molecule has 1 aromatic heterocycles. The maximum atomic E-state index is 12.5. The fourth-order valence-electron chi connectivity index (χ4n) is 2.72. The van der Waals surface area contributed by atoms with Crippen LogP contribution in [0.15, 0.2) is 52.5 Å². The van der Waals surface area contributed by atoms with Gasteiger partial charge in [0.05, 0.1) is 22.5 Å². The molecule has 12 heteroatoms. The minimum atomic E-state index is -4.01. The number of carbonyl (C=O) groups is 3. The molecule has 3 N–H and O–H groups in total. The molecule has 0 radical (unpaired) electrons. The number of hydrogen-bond donors (Lipinski definition) is 2. The Morgan fingerprint density at radius 3 is 2.74 bits per heavy atom. The summed E-state index contributed by atoms with van der Waals surface area (Å²) in [5.41, 5.74) is 0.641. The third-order valence-electron chi connectivity index (χ3n) is 4.22. The molecular weight excluding hydrogens is 444 g/mol. The van der Waals surface area contributed by atoms with Gasteiger partial charge in [0.2, 0.25) is 10.0 Å². The zero-order valence-electron chi connectivity index (χ0n) is 16.3. The van der Waals surface area contributed by atoms with Crippen LogP contribution in [0.4, 0.5) is 4.79 Å². The fourth-order valence-corrected chi connectivity index (χ4v) is 4.13. The van der Waals surface area contributed by atoms with Crippen molar-refractivity contribution >= 4 is 44.9 Å².